The van der Waals surface area contributed by atoms with E-state index in [4.69, 9.17) is 0 Å². The first-order valence-corrected chi connectivity index (χ1v) is 8.22. The first-order valence-electron chi connectivity index (χ1n) is 6.33. The van der Waals surface area contributed by atoms with Crippen LogP contribution in [0.1, 0.15) is 12.0 Å². The fourth-order valence-electron chi connectivity index (χ4n) is 2.27. The Labute approximate surface area is 117 Å². The number of rotatable bonds is 4. The molecule has 2 rings (SSSR count). The highest BCUT2D eigenvalue weighted by Crippen LogP contribution is 2.13. The number of likely N-dealkylation sites (tertiary alicyclic amines) is 1. The molecule has 1 amide bonds. The van der Waals surface area contributed by atoms with Gasteiger partial charge in [0.05, 0.1) is 12.7 Å². The molecule has 1 atom stereocenters. The van der Waals surface area contributed by atoms with Crippen molar-refractivity contribution in [1.82, 2.24) is 9.62 Å². The van der Waals surface area contributed by atoms with Gasteiger partial charge in [0.25, 0.3) is 0 Å². The number of halogens is 1. The summed E-state index contributed by atoms with van der Waals surface area (Å²) >= 11 is 0. The van der Waals surface area contributed by atoms with Gasteiger partial charge in [0.1, 0.15) is 5.82 Å². The summed E-state index contributed by atoms with van der Waals surface area (Å²) in [6.07, 6.45) is 1.92. The maximum atomic E-state index is 12.8. The van der Waals surface area contributed by atoms with Gasteiger partial charge >= 0.3 is 0 Å². The molecule has 5 nitrogen and oxygen atoms in total. The van der Waals surface area contributed by atoms with Gasteiger partial charge in [-0.25, -0.2) is 17.5 Å². The molecule has 1 aliphatic heterocycles. The molecule has 1 aromatic carbocycles. The van der Waals surface area contributed by atoms with Gasteiger partial charge in [-0.15, -0.1) is 0 Å². The summed E-state index contributed by atoms with van der Waals surface area (Å²) in [6, 6.07) is 5.58. The second-order valence-electron chi connectivity index (χ2n) is 5.02. The largest absolute Gasteiger partial charge is 0.341 e. The van der Waals surface area contributed by atoms with Crippen LogP contribution in [0.15, 0.2) is 24.3 Å². The van der Waals surface area contributed by atoms with E-state index in [1.807, 2.05) is 0 Å². The van der Waals surface area contributed by atoms with Gasteiger partial charge in [0.15, 0.2) is 0 Å². The van der Waals surface area contributed by atoms with Crippen molar-refractivity contribution in [1.29, 1.82) is 0 Å². The molecule has 0 aromatic heterocycles. The molecule has 0 bridgehead atoms. The lowest BCUT2D eigenvalue weighted by Crippen LogP contribution is -2.38. The molecule has 1 saturated heterocycles. The number of carbonyl (C=O) groups excluding carboxylic acids is 1. The Morgan fingerprint density at radius 3 is 2.65 bits per heavy atom. The minimum absolute atomic E-state index is 0.0746. The van der Waals surface area contributed by atoms with Gasteiger partial charge in [0.2, 0.25) is 15.9 Å². The summed E-state index contributed by atoms with van der Waals surface area (Å²) in [5.74, 6) is -0.408. The van der Waals surface area contributed by atoms with E-state index in [0.717, 1.165) is 11.8 Å². The molecule has 0 radical (unpaired) electrons. The van der Waals surface area contributed by atoms with Crippen molar-refractivity contribution in [2.75, 3.05) is 19.3 Å². The molecule has 110 valence electrons. The second kappa shape index (κ2) is 5.88. The summed E-state index contributed by atoms with van der Waals surface area (Å²) in [5.41, 5.74) is 0.746. The molecular formula is C13H17FN2O3S. The van der Waals surface area contributed by atoms with Crippen molar-refractivity contribution >= 4 is 15.9 Å². The molecule has 1 heterocycles. The smallest absolute Gasteiger partial charge is 0.227 e. The van der Waals surface area contributed by atoms with Crippen LogP contribution in [0.2, 0.25) is 0 Å². The minimum atomic E-state index is -3.25. The van der Waals surface area contributed by atoms with E-state index in [9.17, 15) is 17.6 Å². The zero-order valence-electron chi connectivity index (χ0n) is 11.2. The van der Waals surface area contributed by atoms with Crippen molar-refractivity contribution in [2.45, 2.75) is 18.9 Å². The molecule has 7 heteroatoms. The van der Waals surface area contributed by atoms with Crippen molar-refractivity contribution in [3.63, 3.8) is 0 Å². The minimum Gasteiger partial charge on any atom is -0.341 e. The van der Waals surface area contributed by atoms with Crippen LogP contribution in [-0.2, 0) is 21.2 Å². The van der Waals surface area contributed by atoms with Gasteiger partial charge < -0.3 is 4.90 Å². The Morgan fingerprint density at radius 1 is 1.40 bits per heavy atom. The van der Waals surface area contributed by atoms with E-state index < -0.39 is 10.0 Å². The quantitative estimate of drug-likeness (QED) is 0.881. The highest BCUT2D eigenvalue weighted by atomic mass is 32.2. The normalized spacial score (nSPS) is 19.3. The van der Waals surface area contributed by atoms with Gasteiger partial charge in [-0.05, 0) is 24.1 Å². The van der Waals surface area contributed by atoms with Crippen LogP contribution in [0.5, 0.6) is 0 Å². The van der Waals surface area contributed by atoms with Crippen LogP contribution in [0, 0.1) is 5.82 Å². The molecule has 0 aliphatic carbocycles. The van der Waals surface area contributed by atoms with E-state index in [-0.39, 0.29) is 24.2 Å². The van der Waals surface area contributed by atoms with E-state index in [2.05, 4.69) is 4.72 Å². The molecule has 0 spiro atoms. The lowest BCUT2D eigenvalue weighted by Gasteiger charge is -2.16. The summed E-state index contributed by atoms with van der Waals surface area (Å²) < 4.78 is 37.5. The maximum Gasteiger partial charge on any atom is 0.227 e. The highest BCUT2D eigenvalue weighted by molar-refractivity contribution is 7.88. The fourth-order valence-corrected chi connectivity index (χ4v) is 3.07. The lowest BCUT2D eigenvalue weighted by atomic mass is 10.1. The van der Waals surface area contributed by atoms with E-state index in [1.54, 1.807) is 17.0 Å². The zero-order chi connectivity index (χ0) is 14.8. The molecule has 1 N–H and O–H groups in total. The Hall–Kier alpha value is -1.47. The third-order valence-corrected chi connectivity index (χ3v) is 3.95. The van der Waals surface area contributed by atoms with E-state index in [0.29, 0.717) is 19.5 Å². The third-order valence-electron chi connectivity index (χ3n) is 3.19. The first-order chi connectivity index (χ1) is 9.33. The number of nitrogens with one attached hydrogen (secondary N) is 1. The molecule has 0 saturated carbocycles. The van der Waals surface area contributed by atoms with Gasteiger partial charge in [0, 0.05) is 19.1 Å². The number of benzene rings is 1. The molecule has 1 aromatic rings. The van der Waals surface area contributed by atoms with E-state index in [1.165, 1.54) is 12.1 Å². The van der Waals surface area contributed by atoms with Crippen molar-refractivity contribution in [3.8, 4) is 0 Å². The van der Waals surface area contributed by atoms with Crippen molar-refractivity contribution in [2.24, 2.45) is 0 Å². The molecule has 20 heavy (non-hydrogen) atoms. The summed E-state index contributed by atoms with van der Waals surface area (Å²) in [4.78, 5) is 13.7. The van der Waals surface area contributed by atoms with Crippen LogP contribution in [-0.4, -0.2) is 44.6 Å². The summed E-state index contributed by atoms with van der Waals surface area (Å²) in [7, 11) is -3.25. The summed E-state index contributed by atoms with van der Waals surface area (Å²) in [6.45, 7) is 0.917. The SMILES string of the molecule is CS(=O)(=O)N[C@@H]1CCN(C(=O)Cc2ccc(F)cc2)C1. The third kappa shape index (κ3) is 4.28. The van der Waals surface area contributed by atoms with Crippen LogP contribution in [0.4, 0.5) is 4.39 Å². The Morgan fingerprint density at radius 2 is 2.05 bits per heavy atom. The Kier molecular flexibility index (Phi) is 4.39. The molecular weight excluding hydrogens is 283 g/mol. The monoisotopic (exact) mass is 300 g/mol. The number of carbonyl (C=O) groups is 1. The average Bonchev–Trinajstić information content (AvgIpc) is 2.78. The topological polar surface area (TPSA) is 66.5 Å². The molecule has 1 fully saturated rings. The predicted octanol–water partition coefficient (Wildman–Crippen LogP) is 0.518. The van der Waals surface area contributed by atoms with Crippen molar-refractivity contribution in [3.05, 3.63) is 35.6 Å². The van der Waals surface area contributed by atoms with Crippen LogP contribution in [0.3, 0.4) is 0 Å². The number of hydrogen-bond donors (Lipinski definition) is 1. The maximum absolute atomic E-state index is 12.8. The second-order valence-corrected chi connectivity index (χ2v) is 6.80. The van der Waals surface area contributed by atoms with Gasteiger partial charge in [-0.3, -0.25) is 4.79 Å². The number of nitrogens with zero attached hydrogens (tertiary/aromatic N) is 1. The number of hydrogen-bond acceptors (Lipinski definition) is 3. The summed E-state index contributed by atoms with van der Waals surface area (Å²) in [5, 5.41) is 0. The van der Waals surface area contributed by atoms with Crippen LogP contribution >= 0.6 is 0 Å². The standard InChI is InChI=1S/C13H17FN2O3S/c1-20(18,19)15-12-6-7-16(9-12)13(17)8-10-2-4-11(14)5-3-10/h2-5,12,15H,6-9H2,1H3/t12-/m1/s1. The van der Waals surface area contributed by atoms with Gasteiger partial charge in [-0.1, -0.05) is 12.1 Å². The first kappa shape index (κ1) is 14.9. The Balaban J connectivity index is 1.90. The number of amides is 1. The predicted molar refractivity (Wildman–Crippen MR) is 73.1 cm³/mol. The lowest BCUT2D eigenvalue weighted by molar-refractivity contribution is -0.129. The average molecular weight is 300 g/mol. The fraction of sp³-hybridized carbons (Fsp3) is 0.462. The van der Waals surface area contributed by atoms with Crippen LogP contribution < -0.4 is 4.72 Å². The number of sulfonamides is 1. The van der Waals surface area contributed by atoms with Gasteiger partial charge in [-0.2, -0.15) is 0 Å². The Bertz CT molecular complexity index is 586. The molecule has 0 unspecified atom stereocenters. The molecule has 1 aliphatic rings. The van der Waals surface area contributed by atoms with Crippen LogP contribution in [0.25, 0.3) is 0 Å². The van der Waals surface area contributed by atoms with Crippen molar-refractivity contribution < 1.29 is 17.6 Å². The zero-order valence-corrected chi connectivity index (χ0v) is 12.0. The van der Waals surface area contributed by atoms with E-state index >= 15 is 0 Å². The highest BCUT2D eigenvalue weighted by Gasteiger charge is 2.27.